The van der Waals surface area contributed by atoms with Gasteiger partial charge in [0.15, 0.2) is 11.5 Å². The number of H-pyrrole nitrogens is 1. The van der Waals surface area contributed by atoms with Gasteiger partial charge >= 0.3 is 0 Å². The lowest BCUT2D eigenvalue weighted by Gasteiger charge is -2.28. The summed E-state index contributed by atoms with van der Waals surface area (Å²) in [6.45, 7) is 1.94. The molecule has 0 bridgehead atoms. The third kappa shape index (κ3) is 3.84. The Morgan fingerprint density at radius 2 is 2.08 bits per heavy atom. The Bertz CT molecular complexity index is 841. The average molecular weight is 357 g/mol. The lowest BCUT2D eigenvalue weighted by atomic mass is 9.84. The van der Waals surface area contributed by atoms with Crippen LogP contribution in [0.4, 0.5) is 5.69 Å². The molecule has 8 heteroatoms. The van der Waals surface area contributed by atoms with Crippen molar-refractivity contribution >= 4 is 11.6 Å². The number of aromatic nitrogens is 3. The molecule has 0 aliphatic heterocycles. The predicted molar refractivity (Wildman–Crippen MR) is 97.7 cm³/mol. The fourth-order valence-electron chi connectivity index (χ4n) is 3.32. The largest absolute Gasteiger partial charge is 0.501 e. The molecule has 0 radical (unpaired) electrons. The minimum Gasteiger partial charge on any atom is -0.501 e. The molecule has 8 nitrogen and oxygen atoms in total. The van der Waals surface area contributed by atoms with Crippen LogP contribution in [0.5, 0.6) is 5.75 Å². The summed E-state index contributed by atoms with van der Waals surface area (Å²) in [4.78, 5) is 35.2. The normalized spacial score (nSPS) is 16.2. The van der Waals surface area contributed by atoms with Crippen molar-refractivity contribution in [3.05, 3.63) is 34.4 Å². The number of carbonyl (C=O) groups is 1. The SMILES string of the molecule is CC(NC(=O)c1nc(-c2ccc(N)cn2)[nH]c(=O)c1O)C1CCCCC1. The van der Waals surface area contributed by atoms with Crippen molar-refractivity contribution in [2.75, 3.05) is 5.73 Å². The molecule has 0 saturated heterocycles. The van der Waals surface area contributed by atoms with Crippen molar-refractivity contribution in [1.29, 1.82) is 0 Å². The fourth-order valence-corrected chi connectivity index (χ4v) is 3.32. The number of nitrogen functional groups attached to an aromatic ring is 1. The summed E-state index contributed by atoms with van der Waals surface area (Å²) in [5, 5.41) is 12.9. The van der Waals surface area contributed by atoms with Gasteiger partial charge in [-0.1, -0.05) is 19.3 Å². The smallest absolute Gasteiger partial charge is 0.294 e. The molecule has 26 heavy (non-hydrogen) atoms. The molecule has 0 spiro atoms. The number of rotatable bonds is 4. The number of nitrogens with two attached hydrogens (primary N) is 1. The van der Waals surface area contributed by atoms with Gasteiger partial charge in [0, 0.05) is 6.04 Å². The third-order valence-electron chi connectivity index (χ3n) is 4.85. The van der Waals surface area contributed by atoms with Gasteiger partial charge in [0.1, 0.15) is 5.69 Å². The van der Waals surface area contributed by atoms with Gasteiger partial charge in [-0.25, -0.2) is 4.98 Å². The maximum atomic E-state index is 12.6. The average Bonchev–Trinajstić information content (AvgIpc) is 2.65. The number of hydrogen-bond acceptors (Lipinski definition) is 6. The Morgan fingerprint density at radius 3 is 2.73 bits per heavy atom. The van der Waals surface area contributed by atoms with Crippen LogP contribution in [0.15, 0.2) is 23.1 Å². The molecule has 3 rings (SSSR count). The minimum atomic E-state index is -0.788. The number of carbonyl (C=O) groups excluding carboxylic acids is 1. The number of pyridine rings is 1. The highest BCUT2D eigenvalue weighted by Crippen LogP contribution is 2.26. The molecule has 1 fully saturated rings. The quantitative estimate of drug-likeness (QED) is 0.659. The van der Waals surface area contributed by atoms with Gasteiger partial charge in [-0.15, -0.1) is 0 Å². The van der Waals surface area contributed by atoms with Gasteiger partial charge < -0.3 is 21.1 Å². The Kier molecular flexibility index (Phi) is 5.20. The van der Waals surface area contributed by atoms with Gasteiger partial charge in [-0.05, 0) is 37.8 Å². The van der Waals surface area contributed by atoms with Crippen LogP contribution in [0.1, 0.15) is 49.5 Å². The zero-order chi connectivity index (χ0) is 18.7. The van der Waals surface area contributed by atoms with Crippen LogP contribution in [-0.4, -0.2) is 32.0 Å². The van der Waals surface area contributed by atoms with E-state index < -0.39 is 17.2 Å². The van der Waals surface area contributed by atoms with Crippen molar-refractivity contribution in [1.82, 2.24) is 20.3 Å². The van der Waals surface area contributed by atoms with Crippen LogP contribution >= 0.6 is 0 Å². The van der Waals surface area contributed by atoms with Crippen LogP contribution in [0.2, 0.25) is 0 Å². The summed E-state index contributed by atoms with van der Waals surface area (Å²) in [5.74, 6) is -0.765. The number of anilines is 1. The molecule has 1 atom stereocenters. The Labute approximate surface area is 150 Å². The van der Waals surface area contributed by atoms with E-state index in [0.29, 0.717) is 17.3 Å². The topological polar surface area (TPSA) is 134 Å². The molecule has 2 aromatic rings. The van der Waals surface area contributed by atoms with E-state index in [1.54, 1.807) is 12.1 Å². The second-order valence-electron chi connectivity index (χ2n) is 6.75. The summed E-state index contributed by atoms with van der Waals surface area (Å²) in [7, 11) is 0. The van der Waals surface area contributed by atoms with Crippen molar-refractivity contribution < 1.29 is 9.90 Å². The zero-order valence-electron chi connectivity index (χ0n) is 14.7. The Balaban J connectivity index is 1.85. The molecule has 1 unspecified atom stereocenters. The summed E-state index contributed by atoms with van der Waals surface area (Å²) in [6, 6.07) is 3.14. The van der Waals surface area contributed by atoms with E-state index in [2.05, 4.69) is 20.3 Å². The lowest BCUT2D eigenvalue weighted by molar-refractivity contribution is 0.0911. The minimum absolute atomic E-state index is 0.0543. The molecule has 0 aromatic carbocycles. The predicted octanol–water partition coefficient (Wildman–Crippen LogP) is 1.82. The number of hydrogen-bond donors (Lipinski definition) is 4. The highest BCUT2D eigenvalue weighted by atomic mass is 16.3. The first-order chi connectivity index (χ1) is 12.5. The number of aromatic hydroxyl groups is 1. The Hall–Kier alpha value is -2.90. The van der Waals surface area contributed by atoms with Gasteiger partial charge in [0.05, 0.1) is 11.9 Å². The molecule has 2 aromatic heterocycles. The molecule has 2 heterocycles. The molecule has 1 aliphatic carbocycles. The number of nitrogens with one attached hydrogen (secondary N) is 2. The molecule has 5 N–H and O–H groups in total. The first-order valence-corrected chi connectivity index (χ1v) is 8.81. The van der Waals surface area contributed by atoms with Gasteiger partial charge in [0.25, 0.3) is 11.5 Å². The van der Waals surface area contributed by atoms with Crippen LogP contribution in [-0.2, 0) is 0 Å². The molecule has 138 valence electrons. The van der Waals surface area contributed by atoms with Gasteiger partial charge in [-0.3, -0.25) is 14.6 Å². The maximum absolute atomic E-state index is 12.6. The second kappa shape index (κ2) is 7.55. The maximum Gasteiger partial charge on any atom is 0.294 e. The summed E-state index contributed by atoms with van der Waals surface area (Å²) in [5.41, 5.74) is 5.33. The number of amides is 1. The highest BCUT2D eigenvalue weighted by molar-refractivity contribution is 5.95. The fraction of sp³-hybridized carbons (Fsp3) is 0.444. The highest BCUT2D eigenvalue weighted by Gasteiger charge is 2.25. The summed E-state index contributed by atoms with van der Waals surface area (Å²) >= 11 is 0. The molecule has 1 aliphatic rings. The first kappa shape index (κ1) is 17.9. The van der Waals surface area contributed by atoms with E-state index in [4.69, 9.17) is 5.73 Å². The molecular formula is C18H23N5O3. The first-order valence-electron chi connectivity index (χ1n) is 8.81. The number of aromatic amines is 1. The van der Waals surface area contributed by atoms with Crippen LogP contribution in [0.25, 0.3) is 11.5 Å². The van der Waals surface area contributed by atoms with Gasteiger partial charge in [-0.2, -0.15) is 0 Å². The summed E-state index contributed by atoms with van der Waals surface area (Å²) < 4.78 is 0. The van der Waals surface area contributed by atoms with Crippen LogP contribution in [0.3, 0.4) is 0 Å². The molecule has 1 amide bonds. The zero-order valence-corrected chi connectivity index (χ0v) is 14.7. The van der Waals surface area contributed by atoms with E-state index >= 15 is 0 Å². The van der Waals surface area contributed by atoms with E-state index in [0.717, 1.165) is 25.7 Å². The number of nitrogens with zero attached hydrogens (tertiary/aromatic N) is 2. The monoisotopic (exact) mass is 357 g/mol. The second-order valence-corrected chi connectivity index (χ2v) is 6.75. The van der Waals surface area contributed by atoms with Crippen molar-refractivity contribution in [2.45, 2.75) is 45.1 Å². The van der Waals surface area contributed by atoms with Crippen LogP contribution in [0, 0.1) is 5.92 Å². The molecular weight excluding hydrogens is 334 g/mol. The van der Waals surface area contributed by atoms with E-state index in [1.807, 2.05) is 6.92 Å². The van der Waals surface area contributed by atoms with Crippen molar-refractivity contribution in [2.24, 2.45) is 5.92 Å². The Morgan fingerprint density at radius 1 is 1.35 bits per heavy atom. The van der Waals surface area contributed by atoms with Crippen molar-refractivity contribution in [3.8, 4) is 17.3 Å². The van der Waals surface area contributed by atoms with Gasteiger partial charge in [0.2, 0.25) is 5.75 Å². The standard InChI is InChI=1S/C18H23N5O3/c1-10(11-5-3-2-4-6-11)21-17(25)14-15(24)18(26)23-16(22-14)13-8-7-12(19)9-20-13/h7-11,24H,2-6,19H2,1H3,(H,21,25)(H,22,23,26). The molecule has 1 saturated carbocycles. The van der Waals surface area contributed by atoms with Crippen molar-refractivity contribution in [3.63, 3.8) is 0 Å². The van der Waals surface area contributed by atoms with E-state index in [9.17, 15) is 14.7 Å². The van der Waals surface area contributed by atoms with E-state index in [1.165, 1.54) is 12.6 Å². The third-order valence-corrected chi connectivity index (χ3v) is 4.85. The van der Waals surface area contributed by atoms with Crippen LogP contribution < -0.4 is 16.6 Å². The van der Waals surface area contributed by atoms with E-state index in [-0.39, 0.29) is 17.6 Å². The summed E-state index contributed by atoms with van der Waals surface area (Å²) in [6.07, 6.45) is 7.10. The lowest BCUT2D eigenvalue weighted by Crippen LogP contribution is -2.39.